The van der Waals surface area contributed by atoms with Crippen molar-refractivity contribution in [3.8, 4) is 0 Å². The molecular formula is C22H25ClN4O4S. The third-order valence-corrected chi connectivity index (χ3v) is 6.53. The van der Waals surface area contributed by atoms with Crippen molar-refractivity contribution in [2.24, 2.45) is 4.99 Å². The fourth-order valence-electron chi connectivity index (χ4n) is 3.39. The highest BCUT2D eigenvalue weighted by atomic mass is 35.5. The number of nitrogens with zero attached hydrogens (tertiary/aromatic N) is 2. The van der Waals surface area contributed by atoms with Gasteiger partial charge in [-0.2, -0.15) is 0 Å². The van der Waals surface area contributed by atoms with Crippen molar-refractivity contribution in [2.75, 3.05) is 29.9 Å². The highest BCUT2D eigenvalue weighted by Gasteiger charge is 2.32. The molecule has 0 atom stereocenters. The number of nitrogens with two attached hydrogens (primary N) is 1. The van der Waals surface area contributed by atoms with Crippen molar-refractivity contribution in [1.29, 1.82) is 0 Å². The van der Waals surface area contributed by atoms with E-state index < -0.39 is 15.9 Å². The summed E-state index contributed by atoms with van der Waals surface area (Å²) in [5.41, 5.74) is 8.76. The lowest BCUT2D eigenvalue weighted by molar-refractivity contribution is -0.114. The van der Waals surface area contributed by atoms with Gasteiger partial charge in [-0.05, 0) is 60.7 Å². The van der Waals surface area contributed by atoms with E-state index in [1.807, 2.05) is 0 Å². The van der Waals surface area contributed by atoms with Crippen LogP contribution in [-0.2, 0) is 19.6 Å². The maximum Gasteiger partial charge on any atom is 0.270 e. The van der Waals surface area contributed by atoms with Gasteiger partial charge in [0.1, 0.15) is 12.0 Å². The Morgan fingerprint density at radius 2 is 1.94 bits per heavy atom. The maximum absolute atomic E-state index is 12.7. The number of hydrogen-bond donors (Lipinski definition) is 2. The lowest BCUT2D eigenvalue weighted by Crippen LogP contribution is -2.33. The van der Waals surface area contributed by atoms with E-state index in [4.69, 9.17) is 17.3 Å². The van der Waals surface area contributed by atoms with Crippen LogP contribution in [0.3, 0.4) is 0 Å². The van der Waals surface area contributed by atoms with Crippen LogP contribution in [0.4, 0.5) is 17.1 Å². The molecule has 32 heavy (non-hydrogen) atoms. The maximum atomic E-state index is 12.7. The number of rotatable bonds is 9. The van der Waals surface area contributed by atoms with Gasteiger partial charge in [0.2, 0.25) is 10.0 Å². The van der Waals surface area contributed by atoms with Gasteiger partial charge in [-0.15, -0.1) is 0 Å². The quantitative estimate of drug-likeness (QED) is 0.327. The Hall–Kier alpha value is -2.91. The van der Waals surface area contributed by atoms with Gasteiger partial charge in [0, 0.05) is 36.3 Å². The molecule has 0 aliphatic heterocycles. The number of aldehydes is 1. The summed E-state index contributed by atoms with van der Waals surface area (Å²) in [5, 5.41) is 3.12. The Bertz CT molecular complexity index is 1160. The number of benzene rings is 2. The molecular weight excluding hydrogens is 452 g/mol. The summed E-state index contributed by atoms with van der Waals surface area (Å²) >= 11 is 5.94. The molecule has 0 spiro atoms. The van der Waals surface area contributed by atoms with E-state index in [9.17, 15) is 18.0 Å². The monoisotopic (exact) mass is 476 g/mol. The largest absolute Gasteiger partial charge is 0.398 e. The topological polar surface area (TPSA) is 122 Å². The summed E-state index contributed by atoms with van der Waals surface area (Å²) in [5.74, 6) is -0.284. The highest BCUT2D eigenvalue weighted by Crippen LogP contribution is 2.46. The summed E-state index contributed by atoms with van der Waals surface area (Å²) in [7, 11) is -2.15. The molecule has 1 aliphatic carbocycles. The number of hydrogen-bond acceptors (Lipinski definition) is 6. The number of halogens is 1. The summed E-state index contributed by atoms with van der Waals surface area (Å²) in [6.45, 7) is 0.0159. The van der Waals surface area contributed by atoms with E-state index in [0.29, 0.717) is 28.2 Å². The second-order valence-corrected chi connectivity index (χ2v) is 9.92. The number of carbonyl (C=O) groups excluding carboxylic acids is 2. The Labute approximate surface area is 192 Å². The van der Waals surface area contributed by atoms with Gasteiger partial charge in [-0.1, -0.05) is 11.6 Å². The Balaban J connectivity index is 2.17. The van der Waals surface area contributed by atoms with Gasteiger partial charge in [0.25, 0.3) is 5.91 Å². The molecule has 8 nitrogen and oxygen atoms in total. The molecule has 0 aromatic heterocycles. The molecule has 1 aliphatic rings. The predicted octanol–water partition coefficient (Wildman–Crippen LogP) is 3.02. The number of amides is 1. The SMILES string of the molecule is CNC(=O)C(=Nc1ccc(Cl)cc1)c1cc(C2CC2)c(N(CCC=O)S(C)(=O)=O)cc1N. The van der Waals surface area contributed by atoms with Gasteiger partial charge in [-0.3, -0.25) is 9.10 Å². The number of carbonyl (C=O) groups is 2. The van der Waals surface area contributed by atoms with Crippen molar-refractivity contribution in [2.45, 2.75) is 25.2 Å². The minimum Gasteiger partial charge on any atom is -0.398 e. The summed E-state index contributed by atoms with van der Waals surface area (Å²) in [6, 6.07) is 9.99. The fourth-order valence-corrected chi connectivity index (χ4v) is 4.47. The van der Waals surface area contributed by atoms with E-state index in [0.717, 1.165) is 24.7 Å². The molecule has 2 aromatic carbocycles. The smallest absolute Gasteiger partial charge is 0.270 e. The molecule has 1 fully saturated rings. The first-order chi connectivity index (χ1) is 15.2. The summed E-state index contributed by atoms with van der Waals surface area (Å²) < 4.78 is 26.1. The number of sulfonamides is 1. The minimum absolute atomic E-state index is 0.0159. The van der Waals surface area contributed by atoms with E-state index in [2.05, 4.69) is 10.3 Å². The fraction of sp³-hybridized carbons (Fsp3) is 0.318. The number of nitrogen functional groups attached to an aromatic ring is 1. The minimum atomic E-state index is -3.65. The van der Waals surface area contributed by atoms with Crippen LogP contribution in [0, 0.1) is 0 Å². The molecule has 0 unspecified atom stereocenters. The van der Waals surface area contributed by atoms with E-state index in [1.54, 1.807) is 36.4 Å². The van der Waals surface area contributed by atoms with Crippen LogP contribution in [-0.4, -0.2) is 46.2 Å². The third-order valence-electron chi connectivity index (χ3n) is 5.10. The van der Waals surface area contributed by atoms with Crippen molar-refractivity contribution in [3.05, 3.63) is 52.5 Å². The van der Waals surface area contributed by atoms with Crippen molar-refractivity contribution in [1.82, 2.24) is 5.32 Å². The van der Waals surface area contributed by atoms with Crippen LogP contribution >= 0.6 is 11.6 Å². The van der Waals surface area contributed by atoms with Crippen LogP contribution in [0.2, 0.25) is 5.02 Å². The van der Waals surface area contributed by atoms with Gasteiger partial charge >= 0.3 is 0 Å². The standard InChI is InChI=1S/C22H25ClN4O4S/c1-25-22(29)21(26-16-8-6-15(23)7-9-16)18-12-17(14-4-5-14)20(13-19(18)24)27(10-3-11-28)32(2,30)31/h6-9,11-14H,3-5,10,24H2,1-2H3,(H,25,29). The number of anilines is 2. The molecule has 0 saturated heterocycles. The summed E-state index contributed by atoms with van der Waals surface area (Å²) in [6.07, 6.45) is 3.61. The third kappa shape index (κ3) is 5.46. The number of likely N-dealkylation sites (N-methyl/N-ethyl adjacent to an activating group) is 1. The van der Waals surface area contributed by atoms with Crippen molar-refractivity contribution >= 4 is 56.6 Å². The number of aliphatic imine (C=N–C) groups is 1. The highest BCUT2D eigenvalue weighted by molar-refractivity contribution is 7.92. The number of nitrogens with one attached hydrogen (secondary N) is 1. The van der Waals surface area contributed by atoms with Crippen LogP contribution < -0.4 is 15.4 Å². The first-order valence-electron chi connectivity index (χ1n) is 10.1. The molecule has 3 rings (SSSR count). The molecule has 3 N–H and O–H groups in total. The average Bonchev–Trinajstić information content (AvgIpc) is 3.58. The Kier molecular flexibility index (Phi) is 7.20. The van der Waals surface area contributed by atoms with Crippen LogP contribution in [0.5, 0.6) is 0 Å². The predicted molar refractivity (Wildman–Crippen MR) is 127 cm³/mol. The molecule has 10 heteroatoms. The zero-order chi connectivity index (χ0) is 23.5. The Morgan fingerprint density at radius 3 is 2.47 bits per heavy atom. The average molecular weight is 477 g/mol. The van der Waals surface area contributed by atoms with E-state index in [-0.39, 0.29) is 30.3 Å². The lowest BCUT2D eigenvalue weighted by Gasteiger charge is -2.26. The molecule has 1 amide bonds. The zero-order valence-electron chi connectivity index (χ0n) is 17.8. The van der Waals surface area contributed by atoms with E-state index >= 15 is 0 Å². The second kappa shape index (κ2) is 9.70. The van der Waals surface area contributed by atoms with Gasteiger partial charge < -0.3 is 15.8 Å². The zero-order valence-corrected chi connectivity index (χ0v) is 19.4. The van der Waals surface area contributed by atoms with Gasteiger partial charge in [-0.25, -0.2) is 13.4 Å². The molecule has 0 heterocycles. The molecule has 170 valence electrons. The first kappa shape index (κ1) is 23.7. The molecule has 1 saturated carbocycles. The first-order valence-corrected chi connectivity index (χ1v) is 12.3. The molecule has 2 aromatic rings. The molecule has 0 radical (unpaired) electrons. The van der Waals surface area contributed by atoms with Crippen LogP contribution in [0.15, 0.2) is 41.4 Å². The van der Waals surface area contributed by atoms with Crippen molar-refractivity contribution < 1.29 is 18.0 Å². The van der Waals surface area contributed by atoms with E-state index in [1.165, 1.54) is 11.4 Å². The molecule has 0 bridgehead atoms. The lowest BCUT2D eigenvalue weighted by atomic mass is 9.98. The summed E-state index contributed by atoms with van der Waals surface area (Å²) in [4.78, 5) is 28.1. The van der Waals surface area contributed by atoms with Crippen molar-refractivity contribution in [3.63, 3.8) is 0 Å². The van der Waals surface area contributed by atoms with Gasteiger partial charge in [0.15, 0.2) is 0 Å². The Morgan fingerprint density at radius 1 is 1.28 bits per heavy atom. The van der Waals surface area contributed by atoms with Crippen LogP contribution in [0.25, 0.3) is 0 Å². The normalized spacial score (nSPS) is 14.2. The van der Waals surface area contributed by atoms with Gasteiger partial charge in [0.05, 0.1) is 17.6 Å². The second-order valence-electron chi connectivity index (χ2n) is 7.58. The van der Waals surface area contributed by atoms with Crippen LogP contribution in [0.1, 0.15) is 36.3 Å².